The lowest BCUT2D eigenvalue weighted by Gasteiger charge is -2.19. The van der Waals surface area contributed by atoms with Crippen molar-refractivity contribution in [2.45, 2.75) is 30.9 Å². The number of aromatic nitrogens is 4. The number of nitrogens with zero attached hydrogens (tertiary/aromatic N) is 3. The summed E-state index contributed by atoms with van der Waals surface area (Å²) in [5.74, 6) is 0.999. The summed E-state index contributed by atoms with van der Waals surface area (Å²) in [6.07, 6.45) is 5.38. The van der Waals surface area contributed by atoms with Crippen LogP contribution >= 0.6 is 0 Å². The van der Waals surface area contributed by atoms with E-state index in [0.717, 1.165) is 5.69 Å². The molecule has 2 aliphatic rings. The second kappa shape index (κ2) is 5.69. The maximum Gasteiger partial charge on any atom is 0.272 e. The Morgan fingerprint density at radius 2 is 2.35 bits per heavy atom. The van der Waals surface area contributed by atoms with E-state index in [2.05, 4.69) is 20.6 Å². The number of nitrogens with one attached hydrogen (secondary N) is 2. The number of H-pyrrole nitrogens is 1. The van der Waals surface area contributed by atoms with Crippen molar-refractivity contribution in [2.75, 3.05) is 13.2 Å². The highest BCUT2D eigenvalue weighted by Crippen LogP contribution is 2.39. The van der Waals surface area contributed by atoms with Gasteiger partial charge in [-0.05, 0) is 18.9 Å². The topological polar surface area (TPSA) is 94.1 Å². The number of carbonyl (C=O) groups excluding carboxylic acids is 1. The van der Waals surface area contributed by atoms with Crippen LogP contribution in [0.1, 0.15) is 34.9 Å². The Kier molecular flexibility index (Phi) is 3.53. The van der Waals surface area contributed by atoms with Crippen LogP contribution in [0.2, 0.25) is 0 Å². The molecule has 1 aliphatic carbocycles. The summed E-state index contributed by atoms with van der Waals surface area (Å²) in [6, 6.07) is 1.68. The molecule has 122 valence electrons. The molecule has 3 heterocycles. The fourth-order valence-corrected chi connectivity index (χ4v) is 2.86. The number of aromatic amines is 1. The van der Waals surface area contributed by atoms with Crippen LogP contribution < -0.4 is 10.1 Å². The lowest BCUT2D eigenvalue weighted by Crippen LogP contribution is -2.45. The quantitative estimate of drug-likeness (QED) is 0.842. The molecule has 0 aromatic carbocycles. The molecular weight excluding hydrogens is 298 g/mol. The maximum absolute atomic E-state index is 12.4. The Morgan fingerprint density at radius 1 is 1.48 bits per heavy atom. The molecule has 2 fully saturated rings. The molecule has 8 nitrogen and oxygen atoms in total. The maximum atomic E-state index is 12.4. The smallest absolute Gasteiger partial charge is 0.272 e. The molecule has 8 heteroatoms. The molecule has 1 aliphatic heterocycles. The minimum atomic E-state index is -0.233. The van der Waals surface area contributed by atoms with Crippen molar-refractivity contribution in [1.29, 1.82) is 0 Å². The summed E-state index contributed by atoms with van der Waals surface area (Å²) in [6.45, 7) is 0.863. The van der Waals surface area contributed by atoms with Crippen LogP contribution in [0.3, 0.4) is 0 Å². The van der Waals surface area contributed by atoms with Gasteiger partial charge in [0.05, 0.1) is 31.6 Å². The zero-order chi connectivity index (χ0) is 15.8. The fourth-order valence-electron chi connectivity index (χ4n) is 2.86. The number of rotatable bonds is 5. The van der Waals surface area contributed by atoms with Crippen molar-refractivity contribution in [3.63, 3.8) is 0 Å². The molecule has 1 saturated carbocycles. The summed E-state index contributed by atoms with van der Waals surface area (Å²) in [4.78, 5) is 12.4. The number of aryl methyl sites for hydroxylation is 1. The first-order valence-corrected chi connectivity index (χ1v) is 7.78. The van der Waals surface area contributed by atoms with Crippen LogP contribution in [-0.4, -0.2) is 51.2 Å². The van der Waals surface area contributed by atoms with Crippen LogP contribution in [-0.2, 0) is 11.8 Å². The van der Waals surface area contributed by atoms with Gasteiger partial charge in [-0.25, -0.2) is 0 Å². The first-order chi connectivity index (χ1) is 11.2. The molecule has 1 saturated heterocycles. The van der Waals surface area contributed by atoms with Gasteiger partial charge in [-0.1, -0.05) is 0 Å². The van der Waals surface area contributed by atoms with E-state index >= 15 is 0 Å². The molecule has 0 unspecified atom stereocenters. The number of hydrogen-bond acceptors (Lipinski definition) is 5. The summed E-state index contributed by atoms with van der Waals surface area (Å²) in [7, 11) is 1.88. The summed E-state index contributed by atoms with van der Waals surface area (Å²) in [5, 5.41) is 13.8. The van der Waals surface area contributed by atoms with E-state index in [4.69, 9.17) is 9.47 Å². The molecule has 0 bridgehead atoms. The predicted octanol–water partition coefficient (Wildman–Crippen LogP) is 0.597. The Balaban J connectivity index is 1.42. The van der Waals surface area contributed by atoms with Crippen LogP contribution in [0.5, 0.6) is 5.75 Å². The summed E-state index contributed by atoms with van der Waals surface area (Å²) >= 11 is 0. The summed E-state index contributed by atoms with van der Waals surface area (Å²) in [5.41, 5.74) is 1.58. The Bertz CT molecular complexity index is 692. The van der Waals surface area contributed by atoms with Gasteiger partial charge in [0.15, 0.2) is 5.75 Å². The SMILES string of the molecule is Cn1nc(C(=O)N[C@H]2COC[C@H]2Oc2cn[nH]c2)cc1C1CC1. The number of carbonyl (C=O) groups is 1. The first-order valence-electron chi connectivity index (χ1n) is 7.78. The van der Waals surface area contributed by atoms with Crippen LogP contribution in [0.15, 0.2) is 18.5 Å². The van der Waals surface area contributed by atoms with E-state index in [-0.39, 0.29) is 18.1 Å². The molecule has 23 heavy (non-hydrogen) atoms. The Hall–Kier alpha value is -2.35. The van der Waals surface area contributed by atoms with Gasteiger partial charge >= 0.3 is 0 Å². The molecule has 2 aromatic heterocycles. The molecule has 0 spiro atoms. The number of ether oxygens (including phenoxy) is 2. The second-order valence-corrected chi connectivity index (χ2v) is 6.06. The minimum absolute atomic E-state index is 0.191. The van der Waals surface area contributed by atoms with E-state index in [9.17, 15) is 4.79 Å². The van der Waals surface area contributed by atoms with Crippen molar-refractivity contribution in [1.82, 2.24) is 25.3 Å². The molecule has 4 rings (SSSR count). The van der Waals surface area contributed by atoms with Gasteiger partial charge in [-0.2, -0.15) is 10.2 Å². The van der Waals surface area contributed by atoms with E-state index in [1.807, 2.05) is 13.1 Å². The predicted molar refractivity (Wildman–Crippen MR) is 80.3 cm³/mol. The standard InChI is InChI=1S/C15H19N5O3/c1-20-13(9-2-3-9)4-11(19-20)15(21)18-12-7-22-8-14(12)23-10-5-16-17-6-10/h4-6,9,12,14H,2-3,7-8H2,1H3,(H,16,17)(H,18,21)/t12-,14+/m0/s1. The molecule has 0 radical (unpaired) electrons. The molecule has 2 aromatic rings. The normalized spacial score (nSPS) is 23.9. The van der Waals surface area contributed by atoms with Gasteiger partial charge in [0.25, 0.3) is 5.91 Å². The third-order valence-electron chi connectivity index (χ3n) is 4.25. The molecule has 1 amide bonds. The van der Waals surface area contributed by atoms with Gasteiger partial charge in [-0.3, -0.25) is 14.6 Å². The van der Waals surface area contributed by atoms with E-state index in [1.54, 1.807) is 17.1 Å². The Morgan fingerprint density at radius 3 is 3.09 bits per heavy atom. The lowest BCUT2D eigenvalue weighted by atomic mass is 10.2. The van der Waals surface area contributed by atoms with Crippen molar-refractivity contribution < 1.29 is 14.3 Å². The lowest BCUT2D eigenvalue weighted by molar-refractivity contribution is 0.0898. The second-order valence-electron chi connectivity index (χ2n) is 6.06. The molecule has 2 N–H and O–H groups in total. The average molecular weight is 317 g/mol. The summed E-state index contributed by atoms with van der Waals surface area (Å²) < 4.78 is 13.0. The van der Waals surface area contributed by atoms with Gasteiger partial charge in [-0.15, -0.1) is 0 Å². The Labute approximate surface area is 133 Å². The highest BCUT2D eigenvalue weighted by molar-refractivity contribution is 5.92. The highest BCUT2D eigenvalue weighted by Gasteiger charge is 2.33. The van der Waals surface area contributed by atoms with Gasteiger partial charge in [0.2, 0.25) is 0 Å². The van der Waals surface area contributed by atoms with E-state index in [1.165, 1.54) is 12.8 Å². The van der Waals surface area contributed by atoms with Crippen molar-refractivity contribution in [2.24, 2.45) is 7.05 Å². The van der Waals surface area contributed by atoms with Crippen LogP contribution in [0.4, 0.5) is 0 Å². The zero-order valence-corrected chi connectivity index (χ0v) is 12.9. The van der Waals surface area contributed by atoms with Crippen molar-refractivity contribution in [3.05, 3.63) is 29.8 Å². The van der Waals surface area contributed by atoms with E-state index in [0.29, 0.717) is 30.6 Å². The van der Waals surface area contributed by atoms with Gasteiger partial charge < -0.3 is 14.8 Å². The average Bonchev–Trinajstić information content (AvgIpc) is 2.93. The van der Waals surface area contributed by atoms with E-state index < -0.39 is 0 Å². The third-order valence-corrected chi connectivity index (χ3v) is 4.25. The fraction of sp³-hybridized carbons (Fsp3) is 0.533. The van der Waals surface area contributed by atoms with Crippen LogP contribution in [0, 0.1) is 0 Å². The van der Waals surface area contributed by atoms with Gasteiger partial charge in [0, 0.05) is 18.7 Å². The monoisotopic (exact) mass is 317 g/mol. The minimum Gasteiger partial charge on any atom is -0.482 e. The number of hydrogen-bond donors (Lipinski definition) is 2. The van der Waals surface area contributed by atoms with Crippen molar-refractivity contribution >= 4 is 5.91 Å². The number of amides is 1. The largest absolute Gasteiger partial charge is 0.482 e. The molecule has 2 atom stereocenters. The highest BCUT2D eigenvalue weighted by atomic mass is 16.5. The molecular formula is C15H19N5O3. The first kappa shape index (κ1) is 14.3. The van der Waals surface area contributed by atoms with Gasteiger partial charge in [0.1, 0.15) is 11.8 Å². The van der Waals surface area contributed by atoms with Crippen LogP contribution in [0.25, 0.3) is 0 Å². The zero-order valence-electron chi connectivity index (χ0n) is 12.9. The third kappa shape index (κ3) is 2.94. The van der Waals surface area contributed by atoms with Crippen molar-refractivity contribution in [3.8, 4) is 5.75 Å².